The second kappa shape index (κ2) is 5.36. The monoisotopic (exact) mass is 263 g/mol. The molecule has 0 atom stereocenters. The normalized spacial score (nSPS) is 14.7. The Kier molecular flexibility index (Phi) is 3.82. The van der Waals surface area contributed by atoms with Crippen molar-refractivity contribution in [3.05, 3.63) is 41.5 Å². The van der Waals surface area contributed by atoms with Crippen molar-refractivity contribution in [2.45, 2.75) is 13.3 Å². The molecule has 0 radical (unpaired) electrons. The van der Waals surface area contributed by atoms with Crippen LogP contribution in [0.25, 0.3) is 0 Å². The summed E-state index contributed by atoms with van der Waals surface area (Å²) in [6.07, 6.45) is 4.40. The Bertz CT molecular complexity index is 523. The number of alkyl halides is 1. The number of aryl methyl sites for hydroxylation is 1. The predicted molar refractivity (Wildman–Crippen MR) is 72.4 cm³/mol. The summed E-state index contributed by atoms with van der Waals surface area (Å²) in [7, 11) is 0. The number of allylic oxidation sites excluding steroid dienone is 1. The summed E-state index contributed by atoms with van der Waals surface area (Å²) in [6.45, 7) is 2.40. The smallest absolute Gasteiger partial charge is 0.299 e. The maximum absolute atomic E-state index is 11.9. The zero-order valence-electron chi connectivity index (χ0n) is 10.1. The topological polar surface area (TPSA) is 37.4 Å². The van der Waals surface area contributed by atoms with Crippen LogP contribution in [0.2, 0.25) is 0 Å². The van der Waals surface area contributed by atoms with E-state index in [-0.39, 0.29) is 0 Å². The first-order valence-electron chi connectivity index (χ1n) is 5.89. The van der Waals surface area contributed by atoms with Crippen LogP contribution < -0.4 is 4.90 Å². The van der Waals surface area contributed by atoms with E-state index >= 15 is 0 Å². The molecule has 1 aliphatic rings. The van der Waals surface area contributed by atoms with Gasteiger partial charge in [0.25, 0.3) is 11.7 Å². The summed E-state index contributed by atoms with van der Waals surface area (Å²) in [5, 5.41) is 0. The minimum Gasteiger partial charge on any atom is -0.301 e. The zero-order valence-corrected chi connectivity index (χ0v) is 10.9. The minimum absolute atomic E-state index is 0.385. The number of carbonyl (C=O) groups is 2. The Hall–Kier alpha value is -1.61. The van der Waals surface area contributed by atoms with Crippen LogP contribution in [-0.4, -0.2) is 24.1 Å². The highest BCUT2D eigenvalue weighted by molar-refractivity contribution is 6.52. The number of benzene rings is 1. The molecule has 0 aromatic heterocycles. The molecule has 18 heavy (non-hydrogen) atoms. The molecular weight excluding hydrogens is 250 g/mol. The molecule has 0 N–H and O–H groups in total. The van der Waals surface area contributed by atoms with E-state index in [2.05, 4.69) is 0 Å². The van der Waals surface area contributed by atoms with Gasteiger partial charge in [-0.05, 0) is 24.1 Å². The van der Waals surface area contributed by atoms with Gasteiger partial charge in [-0.15, -0.1) is 11.6 Å². The molecule has 0 fully saturated rings. The van der Waals surface area contributed by atoms with E-state index in [0.717, 1.165) is 12.0 Å². The molecule has 1 aromatic carbocycles. The highest BCUT2D eigenvalue weighted by atomic mass is 35.5. The van der Waals surface area contributed by atoms with E-state index < -0.39 is 11.7 Å². The molecular formula is C14H14ClNO2. The van der Waals surface area contributed by atoms with E-state index in [1.54, 1.807) is 18.2 Å². The van der Waals surface area contributed by atoms with Crippen LogP contribution in [0.1, 0.15) is 22.8 Å². The molecule has 1 aromatic rings. The van der Waals surface area contributed by atoms with Crippen LogP contribution in [0.15, 0.2) is 30.4 Å². The standard InChI is InChI=1S/C14H14ClNO2/c1-2-10-5-6-12-11(9-10)13(17)14(18)16(12)8-4-3-7-15/h3-6,9H,2,7-8H2,1H3. The highest BCUT2D eigenvalue weighted by Gasteiger charge is 2.34. The molecule has 3 nitrogen and oxygen atoms in total. The number of hydrogen-bond acceptors (Lipinski definition) is 2. The zero-order chi connectivity index (χ0) is 13.1. The summed E-state index contributed by atoms with van der Waals surface area (Å²) < 4.78 is 0. The lowest BCUT2D eigenvalue weighted by molar-refractivity contribution is -0.114. The third-order valence-electron chi connectivity index (χ3n) is 2.99. The van der Waals surface area contributed by atoms with Gasteiger partial charge in [0, 0.05) is 12.4 Å². The lowest BCUT2D eigenvalue weighted by Crippen LogP contribution is -2.29. The van der Waals surface area contributed by atoms with E-state index in [1.165, 1.54) is 4.90 Å². The van der Waals surface area contributed by atoms with Gasteiger partial charge in [-0.1, -0.05) is 25.1 Å². The van der Waals surface area contributed by atoms with Crippen molar-refractivity contribution in [2.24, 2.45) is 0 Å². The first-order valence-corrected chi connectivity index (χ1v) is 6.42. The molecule has 1 heterocycles. The minimum atomic E-state index is -0.461. The Balaban J connectivity index is 2.34. The molecule has 0 bridgehead atoms. The number of nitrogens with zero attached hydrogens (tertiary/aromatic N) is 1. The van der Waals surface area contributed by atoms with E-state index in [9.17, 15) is 9.59 Å². The third kappa shape index (κ3) is 2.18. The first kappa shape index (κ1) is 12.8. The summed E-state index contributed by atoms with van der Waals surface area (Å²) >= 11 is 5.53. The summed E-state index contributed by atoms with van der Waals surface area (Å²) in [4.78, 5) is 25.2. The number of ketones is 1. The average molecular weight is 264 g/mol. The molecule has 2 rings (SSSR count). The molecule has 94 valence electrons. The lowest BCUT2D eigenvalue weighted by Gasteiger charge is -2.14. The largest absolute Gasteiger partial charge is 0.301 e. The van der Waals surface area contributed by atoms with E-state index in [1.807, 2.05) is 19.1 Å². The molecule has 0 saturated carbocycles. The van der Waals surface area contributed by atoms with Crippen LogP contribution in [0.4, 0.5) is 5.69 Å². The summed E-state index contributed by atoms with van der Waals surface area (Å²) in [6, 6.07) is 5.59. The molecule has 4 heteroatoms. The number of anilines is 1. The Morgan fingerprint density at radius 3 is 2.72 bits per heavy atom. The number of carbonyl (C=O) groups excluding carboxylic acids is 2. The van der Waals surface area contributed by atoms with Gasteiger partial charge in [-0.25, -0.2) is 0 Å². The van der Waals surface area contributed by atoms with E-state index in [0.29, 0.717) is 23.7 Å². The Morgan fingerprint density at radius 1 is 1.28 bits per heavy atom. The Labute approximate surface area is 111 Å². The van der Waals surface area contributed by atoms with Crippen molar-refractivity contribution < 1.29 is 9.59 Å². The molecule has 0 spiro atoms. The van der Waals surface area contributed by atoms with Crippen molar-refractivity contribution >= 4 is 29.0 Å². The number of fused-ring (bicyclic) bond motifs is 1. The second-order valence-electron chi connectivity index (χ2n) is 4.08. The van der Waals surface area contributed by atoms with Crippen LogP contribution in [0, 0.1) is 0 Å². The van der Waals surface area contributed by atoms with Gasteiger partial charge < -0.3 is 4.90 Å². The van der Waals surface area contributed by atoms with Crippen LogP contribution in [0.3, 0.4) is 0 Å². The molecule has 1 aliphatic heterocycles. The fourth-order valence-electron chi connectivity index (χ4n) is 1.99. The van der Waals surface area contributed by atoms with Gasteiger partial charge in [-0.2, -0.15) is 0 Å². The van der Waals surface area contributed by atoms with Crippen LogP contribution in [-0.2, 0) is 11.2 Å². The molecule has 1 amide bonds. The van der Waals surface area contributed by atoms with Gasteiger partial charge in [0.15, 0.2) is 0 Å². The van der Waals surface area contributed by atoms with Crippen molar-refractivity contribution in [3.63, 3.8) is 0 Å². The van der Waals surface area contributed by atoms with Gasteiger partial charge in [0.2, 0.25) is 0 Å². The molecule has 0 aliphatic carbocycles. The second-order valence-corrected chi connectivity index (χ2v) is 4.38. The maximum atomic E-state index is 11.9. The van der Waals surface area contributed by atoms with Crippen molar-refractivity contribution in [1.29, 1.82) is 0 Å². The number of Topliss-reactive ketones (excluding diaryl/α,β-unsaturated/α-hetero) is 1. The van der Waals surface area contributed by atoms with Crippen molar-refractivity contribution in [1.82, 2.24) is 0 Å². The number of amides is 1. The first-order chi connectivity index (χ1) is 8.69. The van der Waals surface area contributed by atoms with E-state index in [4.69, 9.17) is 11.6 Å². The highest BCUT2D eigenvalue weighted by Crippen LogP contribution is 2.29. The number of halogens is 1. The van der Waals surface area contributed by atoms with Gasteiger partial charge in [0.05, 0.1) is 11.3 Å². The molecule has 0 saturated heterocycles. The van der Waals surface area contributed by atoms with Gasteiger partial charge >= 0.3 is 0 Å². The quantitative estimate of drug-likeness (QED) is 0.476. The average Bonchev–Trinajstić information content (AvgIpc) is 2.63. The summed E-state index contributed by atoms with van der Waals surface area (Å²) in [5.74, 6) is -0.477. The molecule has 0 unspecified atom stereocenters. The summed E-state index contributed by atoms with van der Waals surface area (Å²) in [5.41, 5.74) is 2.27. The fraction of sp³-hybridized carbons (Fsp3) is 0.286. The van der Waals surface area contributed by atoms with Crippen LogP contribution in [0.5, 0.6) is 0 Å². The number of hydrogen-bond donors (Lipinski definition) is 0. The van der Waals surface area contributed by atoms with Crippen LogP contribution >= 0.6 is 11.6 Å². The van der Waals surface area contributed by atoms with Gasteiger partial charge in [0.1, 0.15) is 0 Å². The number of rotatable bonds is 4. The predicted octanol–water partition coefficient (Wildman–Crippen LogP) is 2.57. The maximum Gasteiger partial charge on any atom is 0.299 e. The van der Waals surface area contributed by atoms with Crippen molar-refractivity contribution in [3.8, 4) is 0 Å². The Morgan fingerprint density at radius 2 is 2.06 bits per heavy atom. The fourth-order valence-corrected chi connectivity index (χ4v) is 2.12. The van der Waals surface area contributed by atoms with Gasteiger partial charge in [-0.3, -0.25) is 9.59 Å². The third-order valence-corrected chi connectivity index (χ3v) is 3.17. The van der Waals surface area contributed by atoms with Crippen molar-refractivity contribution in [2.75, 3.05) is 17.3 Å². The lowest BCUT2D eigenvalue weighted by atomic mass is 10.1. The SMILES string of the molecule is CCc1ccc2c(c1)C(=O)C(=O)N2CC=CCCl.